The molecule has 8 nitrogen and oxygen atoms in total. The second kappa shape index (κ2) is 5.24. The van der Waals surface area contributed by atoms with E-state index in [9.17, 15) is 13.6 Å². The van der Waals surface area contributed by atoms with Gasteiger partial charge < -0.3 is 15.1 Å². The molecule has 0 fully saturated rings. The first-order chi connectivity index (χ1) is 9.07. The Morgan fingerprint density at radius 2 is 2.05 bits per heavy atom. The summed E-state index contributed by atoms with van der Waals surface area (Å²) in [6, 6.07) is 7.34. The first kappa shape index (κ1) is 13.3. The molecule has 9 heteroatoms. The summed E-state index contributed by atoms with van der Waals surface area (Å²) in [5.74, 6) is -0.479. The fourth-order valence-electron chi connectivity index (χ4n) is 1.38. The van der Waals surface area contributed by atoms with Crippen molar-refractivity contribution in [3.63, 3.8) is 0 Å². The summed E-state index contributed by atoms with van der Waals surface area (Å²) >= 11 is 0. The number of hydrogen-bond acceptors (Lipinski definition) is 7. The lowest BCUT2D eigenvalue weighted by molar-refractivity contribution is -0.832. The number of rotatable bonds is 5. The van der Waals surface area contributed by atoms with Gasteiger partial charge in [-0.3, -0.25) is 4.63 Å². The van der Waals surface area contributed by atoms with Gasteiger partial charge in [-0.25, -0.2) is 8.42 Å². The fraction of sp³-hybridized carbons (Fsp3) is 0.200. The molecule has 0 bridgehead atoms. The number of aliphatic hydroxyl groups is 1. The van der Waals surface area contributed by atoms with Gasteiger partial charge in [0.1, 0.15) is 6.61 Å². The predicted molar refractivity (Wildman–Crippen MR) is 59.9 cm³/mol. The Balaban J connectivity index is 2.49. The molecule has 0 radical (unpaired) electrons. The molecular weight excluding hydrogens is 276 g/mol. The zero-order chi connectivity index (χ0) is 13.9. The van der Waals surface area contributed by atoms with E-state index in [1.54, 1.807) is 6.07 Å². The van der Waals surface area contributed by atoms with Crippen LogP contribution in [0.25, 0.3) is 0 Å². The second-order valence-corrected chi connectivity index (χ2v) is 5.29. The number of benzene rings is 1. The van der Waals surface area contributed by atoms with E-state index in [0.717, 1.165) is 0 Å². The molecule has 19 heavy (non-hydrogen) atoms. The third-order valence-electron chi connectivity index (χ3n) is 2.18. The molecule has 0 saturated carbocycles. The molecule has 2 aromatic rings. The van der Waals surface area contributed by atoms with Crippen LogP contribution in [0.2, 0.25) is 0 Å². The van der Waals surface area contributed by atoms with E-state index >= 15 is 0 Å². The Hall–Kier alpha value is -2.13. The molecule has 0 aliphatic carbocycles. The van der Waals surface area contributed by atoms with Crippen LogP contribution in [-0.2, 0) is 9.84 Å². The largest absolute Gasteiger partial charge is 0.452 e. The van der Waals surface area contributed by atoms with E-state index < -0.39 is 20.7 Å². The summed E-state index contributed by atoms with van der Waals surface area (Å²) in [5, 5.41) is 22.5. The molecule has 0 aliphatic rings. The van der Waals surface area contributed by atoms with Crippen molar-refractivity contribution in [1.82, 2.24) is 5.16 Å². The zero-order valence-corrected chi connectivity index (χ0v) is 10.4. The normalized spacial score (nSPS) is 11.4. The molecule has 0 aliphatic heterocycles. The van der Waals surface area contributed by atoms with Crippen LogP contribution in [-0.4, -0.2) is 31.9 Å². The van der Waals surface area contributed by atoms with Gasteiger partial charge in [-0.15, -0.1) is 0 Å². The van der Waals surface area contributed by atoms with Crippen molar-refractivity contribution >= 4 is 9.84 Å². The van der Waals surface area contributed by atoms with Crippen molar-refractivity contribution in [1.29, 1.82) is 0 Å². The van der Waals surface area contributed by atoms with Crippen LogP contribution in [0.1, 0.15) is 0 Å². The van der Waals surface area contributed by atoms with E-state index in [2.05, 4.69) is 9.79 Å². The summed E-state index contributed by atoms with van der Waals surface area (Å²) in [6.07, 6.45) is 0. The minimum absolute atomic E-state index is 0.0864. The molecule has 1 N–H and O–H groups in total. The maximum Gasteiger partial charge on any atom is 0.415 e. The van der Waals surface area contributed by atoms with E-state index in [-0.39, 0.29) is 23.0 Å². The predicted octanol–water partition coefficient (Wildman–Crippen LogP) is -0.488. The van der Waals surface area contributed by atoms with Crippen molar-refractivity contribution in [2.24, 2.45) is 0 Å². The number of nitrogens with zero attached hydrogens (tertiary/aromatic N) is 2. The monoisotopic (exact) mass is 286 g/mol. The Labute approximate surface area is 108 Å². The zero-order valence-electron chi connectivity index (χ0n) is 9.59. The van der Waals surface area contributed by atoms with Crippen LogP contribution < -0.4 is 9.64 Å². The van der Waals surface area contributed by atoms with Crippen molar-refractivity contribution < 1.29 is 27.8 Å². The molecule has 0 saturated heterocycles. The van der Waals surface area contributed by atoms with Crippen molar-refractivity contribution in [3.8, 4) is 5.88 Å². The number of hydrogen-bond donors (Lipinski definition) is 1. The quantitative estimate of drug-likeness (QED) is 0.737. The van der Waals surface area contributed by atoms with Crippen molar-refractivity contribution in [2.75, 3.05) is 13.2 Å². The molecule has 102 valence electrons. The molecule has 1 heterocycles. The van der Waals surface area contributed by atoms with Crippen LogP contribution in [0.4, 0.5) is 0 Å². The summed E-state index contributed by atoms with van der Waals surface area (Å²) < 4.78 is 33.6. The highest BCUT2D eigenvalue weighted by Gasteiger charge is 2.35. The highest BCUT2D eigenvalue weighted by molar-refractivity contribution is 7.91. The molecule has 1 aromatic carbocycles. The Kier molecular flexibility index (Phi) is 3.67. The van der Waals surface area contributed by atoms with Gasteiger partial charge in [-0.2, -0.15) is 0 Å². The number of aromatic nitrogens is 2. The average molecular weight is 286 g/mol. The molecular formula is C10H10N2O6S. The lowest BCUT2D eigenvalue weighted by atomic mass is 10.4. The van der Waals surface area contributed by atoms with Crippen LogP contribution in [0.3, 0.4) is 0 Å². The Morgan fingerprint density at radius 3 is 2.68 bits per heavy atom. The lowest BCUT2D eigenvalue weighted by Gasteiger charge is -2.01. The molecule has 0 amide bonds. The smallest absolute Gasteiger partial charge is 0.415 e. The molecule has 2 rings (SSSR count). The Bertz CT molecular complexity index is 652. The van der Waals surface area contributed by atoms with E-state index in [4.69, 9.17) is 9.84 Å². The second-order valence-electron chi connectivity index (χ2n) is 3.43. The van der Waals surface area contributed by atoms with Gasteiger partial charge in [-0.1, -0.05) is 18.2 Å². The first-order valence-corrected chi connectivity index (χ1v) is 6.69. The van der Waals surface area contributed by atoms with Gasteiger partial charge in [-0.05, 0) is 17.0 Å². The van der Waals surface area contributed by atoms with Crippen molar-refractivity contribution in [2.45, 2.75) is 9.92 Å². The van der Waals surface area contributed by atoms with E-state index in [0.29, 0.717) is 0 Å². The lowest BCUT2D eigenvalue weighted by Crippen LogP contribution is -2.31. The van der Waals surface area contributed by atoms with Crippen LogP contribution in [0.15, 0.2) is 44.9 Å². The fourth-order valence-corrected chi connectivity index (χ4v) is 2.68. The van der Waals surface area contributed by atoms with Crippen molar-refractivity contribution in [3.05, 3.63) is 35.5 Å². The van der Waals surface area contributed by atoms with Crippen LogP contribution in [0.5, 0.6) is 5.88 Å². The van der Waals surface area contributed by atoms with Crippen LogP contribution in [0, 0.1) is 5.21 Å². The van der Waals surface area contributed by atoms with E-state index in [1.165, 1.54) is 24.3 Å². The van der Waals surface area contributed by atoms with Gasteiger partial charge >= 0.3 is 10.9 Å². The highest BCUT2D eigenvalue weighted by atomic mass is 32.2. The molecule has 0 atom stereocenters. The molecule has 0 spiro atoms. The highest BCUT2D eigenvalue weighted by Crippen LogP contribution is 2.24. The summed E-state index contributed by atoms with van der Waals surface area (Å²) in [4.78, 5) is -0.327. The maximum absolute atomic E-state index is 12.2. The minimum atomic E-state index is -4.10. The summed E-state index contributed by atoms with van der Waals surface area (Å²) in [6.45, 7) is -0.555. The van der Waals surface area contributed by atoms with Gasteiger partial charge in [0.25, 0.3) is 9.84 Å². The number of ether oxygens (including phenoxy) is 1. The van der Waals surface area contributed by atoms with Gasteiger partial charge in [0.15, 0.2) is 0 Å². The average Bonchev–Trinajstić information content (AvgIpc) is 2.79. The van der Waals surface area contributed by atoms with Gasteiger partial charge in [0, 0.05) is 0 Å². The number of aliphatic hydroxyl groups excluding tert-OH is 1. The molecule has 0 unspecified atom stereocenters. The van der Waals surface area contributed by atoms with Crippen LogP contribution >= 0.6 is 0 Å². The third-order valence-corrected chi connectivity index (χ3v) is 3.91. The minimum Gasteiger partial charge on any atom is -0.452 e. The van der Waals surface area contributed by atoms with E-state index in [1.807, 2.05) is 0 Å². The standard InChI is InChI=1S/C10H10N2O6S/c13-6-7-17-9-10(12(14)18-11-9)19(15,16)8-4-2-1-3-5-8/h1-5,13H,6-7H2. The maximum atomic E-state index is 12.2. The Morgan fingerprint density at radius 1 is 1.37 bits per heavy atom. The summed E-state index contributed by atoms with van der Waals surface area (Å²) in [5.41, 5.74) is 0. The first-order valence-electron chi connectivity index (χ1n) is 5.21. The topological polar surface area (TPSA) is 117 Å². The summed E-state index contributed by atoms with van der Waals surface area (Å²) in [7, 11) is -4.10. The SMILES string of the molecule is O=S(=O)(c1ccccc1)c1c(OCCO)no[n+]1[O-]. The van der Waals surface area contributed by atoms with Gasteiger partial charge in [0.2, 0.25) is 0 Å². The molecule has 1 aromatic heterocycles. The third kappa shape index (κ3) is 2.51. The number of sulfone groups is 1. The van der Waals surface area contributed by atoms with Gasteiger partial charge in [0.05, 0.1) is 16.7 Å².